The van der Waals surface area contributed by atoms with Crippen molar-refractivity contribution in [1.29, 1.82) is 5.26 Å². The fourth-order valence-corrected chi connectivity index (χ4v) is 4.37. The first-order chi connectivity index (χ1) is 9.50. The van der Waals surface area contributed by atoms with Gasteiger partial charge in [-0.3, -0.25) is 0 Å². The summed E-state index contributed by atoms with van der Waals surface area (Å²) in [4.78, 5) is 0.0403. The fourth-order valence-electron chi connectivity index (χ4n) is 2.18. The molecular weight excluding hydrogens is 300 g/mol. The van der Waals surface area contributed by atoms with Gasteiger partial charge in [-0.1, -0.05) is 18.5 Å². The molecule has 5 nitrogen and oxygen atoms in total. The molecule has 0 aromatic heterocycles. The van der Waals surface area contributed by atoms with Crippen LogP contribution >= 0.6 is 11.6 Å². The third kappa shape index (κ3) is 2.81. The molecule has 0 radical (unpaired) electrons. The van der Waals surface area contributed by atoms with Gasteiger partial charge >= 0.3 is 0 Å². The number of nitriles is 1. The van der Waals surface area contributed by atoms with Gasteiger partial charge in [0.25, 0.3) is 0 Å². The molecule has 1 heterocycles. The van der Waals surface area contributed by atoms with E-state index in [1.54, 1.807) is 0 Å². The summed E-state index contributed by atoms with van der Waals surface area (Å²) >= 11 is 6.01. The molecule has 0 saturated carbocycles. The van der Waals surface area contributed by atoms with E-state index in [1.165, 1.54) is 22.5 Å². The number of ether oxygens (including phenoxy) is 1. The van der Waals surface area contributed by atoms with Crippen LogP contribution in [0.5, 0.6) is 0 Å². The van der Waals surface area contributed by atoms with Crippen molar-refractivity contribution in [3.8, 4) is 6.07 Å². The molecule has 1 aliphatic rings. The molecule has 0 N–H and O–H groups in total. The lowest BCUT2D eigenvalue weighted by atomic mass is 10.2. The first-order valence-electron chi connectivity index (χ1n) is 6.30. The molecule has 0 amide bonds. The first kappa shape index (κ1) is 15.3. The Balaban J connectivity index is 2.42. The zero-order valence-corrected chi connectivity index (χ0v) is 12.6. The molecule has 1 saturated heterocycles. The van der Waals surface area contributed by atoms with E-state index in [0.717, 1.165) is 0 Å². The SMILES string of the molecule is CCC1COCCN1S(=O)(=O)c1ccc(C#N)cc1Cl. The van der Waals surface area contributed by atoms with Crippen LogP contribution in [0.15, 0.2) is 23.1 Å². The predicted molar refractivity (Wildman–Crippen MR) is 75.0 cm³/mol. The lowest BCUT2D eigenvalue weighted by Crippen LogP contribution is -2.48. The second kappa shape index (κ2) is 6.10. The highest BCUT2D eigenvalue weighted by Gasteiger charge is 2.34. The summed E-state index contributed by atoms with van der Waals surface area (Å²) in [6.45, 7) is 3.01. The lowest BCUT2D eigenvalue weighted by Gasteiger charge is -2.34. The summed E-state index contributed by atoms with van der Waals surface area (Å²) in [7, 11) is -3.67. The quantitative estimate of drug-likeness (QED) is 0.855. The van der Waals surface area contributed by atoms with E-state index in [-0.39, 0.29) is 16.0 Å². The standard InChI is InChI=1S/C13H15ClN2O3S/c1-2-11-9-19-6-5-16(11)20(17,18)13-4-3-10(8-15)7-12(13)14/h3-4,7,11H,2,5-6,9H2,1H3. The number of halogens is 1. The second-order valence-corrected chi connectivity index (χ2v) is 6.78. The van der Waals surface area contributed by atoms with E-state index in [1.807, 2.05) is 13.0 Å². The average molecular weight is 315 g/mol. The van der Waals surface area contributed by atoms with Gasteiger partial charge in [0.2, 0.25) is 10.0 Å². The maximum Gasteiger partial charge on any atom is 0.244 e. The van der Waals surface area contributed by atoms with Crippen molar-refractivity contribution in [1.82, 2.24) is 4.31 Å². The summed E-state index contributed by atoms with van der Waals surface area (Å²) < 4.78 is 32.1. The number of hydrogen-bond donors (Lipinski definition) is 0. The van der Waals surface area contributed by atoms with Crippen LogP contribution < -0.4 is 0 Å². The molecule has 7 heteroatoms. The summed E-state index contributed by atoms with van der Waals surface area (Å²) in [5.74, 6) is 0. The Morgan fingerprint density at radius 2 is 2.30 bits per heavy atom. The molecule has 108 valence electrons. The van der Waals surface area contributed by atoms with Crippen LogP contribution in [0.3, 0.4) is 0 Å². The molecule has 1 aromatic carbocycles. The second-order valence-electron chi connectivity index (χ2n) is 4.51. The Morgan fingerprint density at radius 3 is 2.90 bits per heavy atom. The largest absolute Gasteiger partial charge is 0.378 e. The van der Waals surface area contributed by atoms with Crippen molar-refractivity contribution >= 4 is 21.6 Å². The van der Waals surface area contributed by atoms with E-state index in [2.05, 4.69) is 0 Å². The number of hydrogen-bond acceptors (Lipinski definition) is 4. The molecule has 1 atom stereocenters. The molecule has 1 aromatic rings. The minimum Gasteiger partial charge on any atom is -0.378 e. The zero-order chi connectivity index (χ0) is 14.8. The highest BCUT2D eigenvalue weighted by molar-refractivity contribution is 7.89. The summed E-state index contributed by atoms with van der Waals surface area (Å²) in [5, 5.41) is 8.87. The van der Waals surface area contributed by atoms with Crippen LogP contribution in [-0.2, 0) is 14.8 Å². The van der Waals surface area contributed by atoms with Gasteiger partial charge in [-0.05, 0) is 24.6 Å². The van der Waals surface area contributed by atoms with Crippen molar-refractivity contribution in [2.45, 2.75) is 24.3 Å². The van der Waals surface area contributed by atoms with Crippen LogP contribution in [0.25, 0.3) is 0 Å². The van der Waals surface area contributed by atoms with Crippen molar-refractivity contribution in [2.75, 3.05) is 19.8 Å². The average Bonchev–Trinajstić information content (AvgIpc) is 2.46. The topological polar surface area (TPSA) is 70.4 Å². The third-order valence-corrected chi connectivity index (χ3v) is 5.73. The number of benzene rings is 1. The molecule has 1 aliphatic heterocycles. The maximum absolute atomic E-state index is 12.7. The number of morpholine rings is 1. The fraction of sp³-hybridized carbons (Fsp3) is 0.462. The first-order valence-corrected chi connectivity index (χ1v) is 8.11. The molecule has 2 rings (SSSR count). The predicted octanol–water partition coefficient (Wildman–Crippen LogP) is 2.01. The van der Waals surface area contributed by atoms with Gasteiger partial charge in [-0.25, -0.2) is 8.42 Å². The van der Waals surface area contributed by atoms with Crippen LogP contribution in [0, 0.1) is 11.3 Å². The van der Waals surface area contributed by atoms with E-state index in [0.29, 0.717) is 31.7 Å². The van der Waals surface area contributed by atoms with Crippen molar-refractivity contribution in [3.05, 3.63) is 28.8 Å². The van der Waals surface area contributed by atoms with Crippen molar-refractivity contribution < 1.29 is 13.2 Å². The molecular formula is C13H15ClN2O3S. The van der Waals surface area contributed by atoms with Crippen molar-refractivity contribution in [2.24, 2.45) is 0 Å². The third-order valence-electron chi connectivity index (χ3n) is 3.29. The number of sulfonamides is 1. The normalized spacial score (nSPS) is 20.6. The Morgan fingerprint density at radius 1 is 1.55 bits per heavy atom. The molecule has 0 aliphatic carbocycles. The monoisotopic (exact) mass is 314 g/mol. The van der Waals surface area contributed by atoms with Gasteiger partial charge in [0.05, 0.1) is 29.9 Å². The minimum absolute atomic E-state index is 0.0403. The Hall–Kier alpha value is -1.13. The van der Waals surface area contributed by atoms with E-state index in [4.69, 9.17) is 21.6 Å². The van der Waals surface area contributed by atoms with Gasteiger partial charge in [-0.2, -0.15) is 9.57 Å². The molecule has 0 bridgehead atoms. The van der Waals surface area contributed by atoms with Crippen molar-refractivity contribution in [3.63, 3.8) is 0 Å². The summed E-state index contributed by atoms with van der Waals surface area (Å²) in [5.41, 5.74) is 0.336. The van der Waals surface area contributed by atoms with Gasteiger partial charge in [0, 0.05) is 12.6 Å². The highest BCUT2D eigenvalue weighted by atomic mass is 35.5. The van der Waals surface area contributed by atoms with Gasteiger partial charge < -0.3 is 4.74 Å². The van der Waals surface area contributed by atoms with Crippen LogP contribution in [0.1, 0.15) is 18.9 Å². The van der Waals surface area contributed by atoms with E-state index in [9.17, 15) is 8.42 Å². The minimum atomic E-state index is -3.67. The Labute approximate surface area is 123 Å². The maximum atomic E-state index is 12.7. The molecule has 0 spiro atoms. The van der Waals surface area contributed by atoms with Gasteiger partial charge in [0.15, 0.2) is 0 Å². The van der Waals surface area contributed by atoms with Gasteiger partial charge in [0.1, 0.15) is 4.90 Å². The zero-order valence-electron chi connectivity index (χ0n) is 11.0. The smallest absolute Gasteiger partial charge is 0.244 e. The van der Waals surface area contributed by atoms with Crippen LogP contribution in [0.4, 0.5) is 0 Å². The molecule has 1 unspecified atom stereocenters. The number of rotatable bonds is 3. The Kier molecular flexibility index (Phi) is 4.66. The number of nitrogens with zero attached hydrogens (tertiary/aromatic N) is 2. The highest BCUT2D eigenvalue weighted by Crippen LogP contribution is 2.28. The van der Waals surface area contributed by atoms with Crippen LogP contribution in [0.2, 0.25) is 5.02 Å². The summed E-state index contributed by atoms with van der Waals surface area (Å²) in [6.07, 6.45) is 0.674. The summed E-state index contributed by atoms with van der Waals surface area (Å²) in [6, 6.07) is 5.97. The Bertz CT molecular complexity index is 640. The van der Waals surface area contributed by atoms with E-state index < -0.39 is 10.0 Å². The van der Waals surface area contributed by atoms with Gasteiger partial charge in [-0.15, -0.1) is 0 Å². The molecule has 1 fully saturated rings. The van der Waals surface area contributed by atoms with E-state index >= 15 is 0 Å². The molecule has 20 heavy (non-hydrogen) atoms. The lowest BCUT2D eigenvalue weighted by molar-refractivity contribution is 0.0314. The van der Waals surface area contributed by atoms with Crippen LogP contribution in [-0.4, -0.2) is 38.5 Å².